The van der Waals surface area contributed by atoms with Gasteiger partial charge < -0.3 is 5.32 Å². The van der Waals surface area contributed by atoms with Crippen molar-refractivity contribution in [2.75, 3.05) is 11.9 Å². The minimum absolute atomic E-state index is 0.639. The smallest absolute Gasteiger partial charge is 0.0340 e. The number of hydrogen-bond acceptors (Lipinski definition) is 1. The van der Waals surface area contributed by atoms with Crippen molar-refractivity contribution in [1.29, 1.82) is 0 Å². The highest BCUT2D eigenvalue weighted by Crippen LogP contribution is 2.13. The average Bonchev–Trinajstić information content (AvgIpc) is 2.29. The van der Waals surface area contributed by atoms with Crippen LogP contribution >= 0.6 is 0 Å². The molecule has 1 aliphatic rings. The van der Waals surface area contributed by atoms with Crippen molar-refractivity contribution in [3.63, 3.8) is 0 Å². The zero-order valence-electron chi connectivity index (χ0n) is 8.19. The molecule has 14 heavy (non-hydrogen) atoms. The van der Waals surface area contributed by atoms with Crippen LogP contribution in [0.15, 0.2) is 54.6 Å². The Kier molecular flexibility index (Phi) is 3.02. The molecule has 0 bridgehead atoms. The molecule has 1 N–H and O–H groups in total. The molecule has 1 aromatic rings. The molecule has 1 aromatic carbocycles. The SMILES string of the molecule is C1=CCC(CNc2ccccc2)C=C1. The first-order valence-corrected chi connectivity index (χ1v) is 5.07. The summed E-state index contributed by atoms with van der Waals surface area (Å²) in [6, 6.07) is 10.3. The van der Waals surface area contributed by atoms with Gasteiger partial charge in [-0.25, -0.2) is 0 Å². The second-order valence-corrected chi connectivity index (χ2v) is 3.56. The summed E-state index contributed by atoms with van der Waals surface area (Å²) in [4.78, 5) is 0. The fraction of sp³-hybridized carbons (Fsp3) is 0.231. The Balaban J connectivity index is 1.83. The van der Waals surface area contributed by atoms with E-state index in [1.807, 2.05) is 6.07 Å². The van der Waals surface area contributed by atoms with E-state index in [1.165, 1.54) is 5.69 Å². The summed E-state index contributed by atoms with van der Waals surface area (Å²) in [5.41, 5.74) is 1.20. The van der Waals surface area contributed by atoms with Crippen molar-refractivity contribution in [3.8, 4) is 0 Å². The number of allylic oxidation sites excluding steroid dienone is 3. The van der Waals surface area contributed by atoms with Gasteiger partial charge in [0.25, 0.3) is 0 Å². The molecule has 0 amide bonds. The predicted molar refractivity (Wildman–Crippen MR) is 61.3 cm³/mol. The Morgan fingerprint density at radius 3 is 2.71 bits per heavy atom. The molecule has 1 atom stereocenters. The Morgan fingerprint density at radius 1 is 1.14 bits per heavy atom. The zero-order chi connectivity index (χ0) is 9.64. The molecule has 1 aliphatic carbocycles. The maximum absolute atomic E-state index is 3.43. The second kappa shape index (κ2) is 4.66. The maximum atomic E-state index is 3.43. The molecule has 0 spiro atoms. The van der Waals surface area contributed by atoms with Crippen LogP contribution in [0.4, 0.5) is 5.69 Å². The number of para-hydroxylation sites is 1. The third-order valence-electron chi connectivity index (χ3n) is 2.41. The van der Waals surface area contributed by atoms with Gasteiger partial charge in [-0.1, -0.05) is 42.5 Å². The molecule has 0 saturated carbocycles. The monoisotopic (exact) mass is 185 g/mol. The van der Waals surface area contributed by atoms with Crippen molar-refractivity contribution in [2.45, 2.75) is 6.42 Å². The molecule has 1 heteroatoms. The normalized spacial score (nSPS) is 19.6. The van der Waals surface area contributed by atoms with Gasteiger partial charge in [0.15, 0.2) is 0 Å². The minimum Gasteiger partial charge on any atom is -0.384 e. The van der Waals surface area contributed by atoms with Crippen LogP contribution in [-0.4, -0.2) is 6.54 Å². The number of benzene rings is 1. The van der Waals surface area contributed by atoms with E-state index in [2.05, 4.69) is 53.9 Å². The van der Waals surface area contributed by atoms with E-state index in [9.17, 15) is 0 Å². The maximum Gasteiger partial charge on any atom is 0.0340 e. The summed E-state index contributed by atoms with van der Waals surface area (Å²) < 4.78 is 0. The number of nitrogens with one attached hydrogen (secondary N) is 1. The highest BCUT2D eigenvalue weighted by molar-refractivity contribution is 5.42. The summed E-state index contributed by atoms with van der Waals surface area (Å²) in [5.74, 6) is 0.639. The van der Waals surface area contributed by atoms with Crippen molar-refractivity contribution < 1.29 is 0 Å². The first-order chi connectivity index (χ1) is 6.95. The van der Waals surface area contributed by atoms with Gasteiger partial charge in [-0.05, 0) is 24.5 Å². The number of rotatable bonds is 3. The van der Waals surface area contributed by atoms with Crippen LogP contribution in [0.2, 0.25) is 0 Å². The molecule has 0 fully saturated rings. The van der Waals surface area contributed by atoms with Crippen LogP contribution in [0.25, 0.3) is 0 Å². The topological polar surface area (TPSA) is 12.0 Å². The van der Waals surface area contributed by atoms with Gasteiger partial charge in [-0.15, -0.1) is 0 Å². The molecule has 0 aromatic heterocycles. The summed E-state index contributed by atoms with van der Waals surface area (Å²) in [6.45, 7) is 1.02. The fourth-order valence-corrected chi connectivity index (χ4v) is 1.59. The average molecular weight is 185 g/mol. The first-order valence-electron chi connectivity index (χ1n) is 5.07. The lowest BCUT2D eigenvalue weighted by Gasteiger charge is -2.14. The van der Waals surface area contributed by atoms with Crippen molar-refractivity contribution in [3.05, 3.63) is 54.6 Å². The van der Waals surface area contributed by atoms with Crippen LogP contribution in [0.5, 0.6) is 0 Å². The van der Waals surface area contributed by atoms with Gasteiger partial charge in [-0.3, -0.25) is 0 Å². The number of anilines is 1. The van der Waals surface area contributed by atoms with E-state index in [1.54, 1.807) is 0 Å². The highest BCUT2D eigenvalue weighted by atomic mass is 14.9. The molecule has 0 radical (unpaired) electrons. The zero-order valence-corrected chi connectivity index (χ0v) is 8.19. The highest BCUT2D eigenvalue weighted by Gasteiger charge is 2.03. The van der Waals surface area contributed by atoms with Crippen LogP contribution in [0.1, 0.15) is 6.42 Å². The van der Waals surface area contributed by atoms with E-state index in [0.29, 0.717) is 5.92 Å². The third-order valence-corrected chi connectivity index (χ3v) is 2.41. The summed E-state index contributed by atoms with van der Waals surface area (Å²) in [6.07, 6.45) is 9.86. The van der Waals surface area contributed by atoms with Crippen molar-refractivity contribution in [2.24, 2.45) is 5.92 Å². The van der Waals surface area contributed by atoms with Crippen LogP contribution in [0.3, 0.4) is 0 Å². The van der Waals surface area contributed by atoms with E-state index in [0.717, 1.165) is 13.0 Å². The quantitative estimate of drug-likeness (QED) is 0.762. The fourth-order valence-electron chi connectivity index (χ4n) is 1.59. The standard InChI is InChI=1S/C13H15N/c1-3-7-12(8-4-1)11-14-13-9-5-2-6-10-13/h1-7,9-10,12,14H,8,11H2. The Morgan fingerprint density at radius 2 is 2.00 bits per heavy atom. The summed E-state index contributed by atoms with van der Waals surface area (Å²) in [5, 5.41) is 3.43. The second-order valence-electron chi connectivity index (χ2n) is 3.56. The van der Waals surface area contributed by atoms with Crippen molar-refractivity contribution in [1.82, 2.24) is 0 Å². The molecular formula is C13H15N. The van der Waals surface area contributed by atoms with Gasteiger partial charge in [-0.2, -0.15) is 0 Å². The van der Waals surface area contributed by atoms with Crippen LogP contribution in [-0.2, 0) is 0 Å². The predicted octanol–water partition coefficient (Wildman–Crippen LogP) is 3.23. The number of hydrogen-bond donors (Lipinski definition) is 1. The Bertz CT molecular complexity index is 324. The molecule has 0 saturated heterocycles. The van der Waals surface area contributed by atoms with Gasteiger partial charge in [0, 0.05) is 12.2 Å². The molecule has 0 aliphatic heterocycles. The lowest BCUT2D eigenvalue weighted by Crippen LogP contribution is -2.12. The van der Waals surface area contributed by atoms with Gasteiger partial charge in [0.2, 0.25) is 0 Å². The van der Waals surface area contributed by atoms with E-state index >= 15 is 0 Å². The van der Waals surface area contributed by atoms with Gasteiger partial charge in [0.05, 0.1) is 0 Å². The molecule has 72 valence electrons. The Labute approximate surface area is 85.2 Å². The Hall–Kier alpha value is -1.50. The summed E-state index contributed by atoms with van der Waals surface area (Å²) in [7, 11) is 0. The lowest BCUT2D eigenvalue weighted by molar-refractivity contribution is 0.692. The van der Waals surface area contributed by atoms with E-state index < -0.39 is 0 Å². The van der Waals surface area contributed by atoms with Gasteiger partial charge in [0.1, 0.15) is 0 Å². The molecule has 2 rings (SSSR count). The van der Waals surface area contributed by atoms with Crippen LogP contribution < -0.4 is 5.32 Å². The first kappa shape index (κ1) is 9.07. The third kappa shape index (κ3) is 2.49. The molecule has 1 unspecified atom stereocenters. The lowest BCUT2D eigenvalue weighted by atomic mass is 10.0. The molecular weight excluding hydrogens is 170 g/mol. The largest absolute Gasteiger partial charge is 0.384 e. The van der Waals surface area contributed by atoms with E-state index in [4.69, 9.17) is 0 Å². The summed E-state index contributed by atoms with van der Waals surface area (Å²) >= 11 is 0. The van der Waals surface area contributed by atoms with E-state index in [-0.39, 0.29) is 0 Å². The van der Waals surface area contributed by atoms with Gasteiger partial charge >= 0.3 is 0 Å². The molecule has 1 nitrogen and oxygen atoms in total. The van der Waals surface area contributed by atoms with Crippen molar-refractivity contribution >= 4 is 5.69 Å². The minimum atomic E-state index is 0.639. The van der Waals surface area contributed by atoms with Crippen LogP contribution in [0, 0.1) is 5.92 Å². The molecule has 0 heterocycles.